The van der Waals surface area contributed by atoms with E-state index in [2.05, 4.69) is 0 Å². The topological polar surface area (TPSA) is 57.5 Å². The van der Waals surface area contributed by atoms with Gasteiger partial charge in [0.1, 0.15) is 0 Å². The van der Waals surface area contributed by atoms with Crippen molar-refractivity contribution in [3.63, 3.8) is 0 Å². The lowest BCUT2D eigenvalue weighted by molar-refractivity contribution is -0.153. The molecule has 0 saturated heterocycles. The van der Waals surface area contributed by atoms with Gasteiger partial charge in [-0.3, -0.25) is 4.79 Å². The highest BCUT2D eigenvalue weighted by atomic mass is 16.4. The minimum Gasteiger partial charge on any atom is -0.481 e. The highest BCUT2D eigenvalue weighted by molar-refractivity contribution is 5.83. The third-order valence-corrected chi connectivity index (χ3v) is 3.49. The van der Waals surface area contributed by atoms with Gasteiger partial charge in [-0.05, 0) is 37.8 Å². The number of benzene rings is 1. The van der Waals surface area contributed by atoms with Gasteiger partial charge < -0.3 is 10.2 Å². The zero-order valence-corrected chi connectivity index (χ0v) is 9.53. The Balaban J connectivity index is 2.48. The van der Waals surface area contributed by atoms with Crippen LogP contribution in [0.5, 0.6) is 0 Å². The van der Waals surface area contributed by atoms with Crippen molar-refractivity contribution >= 4 is 5.97 Å². The average Bonchev–Trinajstić information content (AvgIpc) is 2.16. The molecule has 0 atom stereocenters. The van der Waals surface area contributed by atoms with Gasteiger partial charge in [0.2, 0.25) is 0 Å². The van der Waals surface area contributed by atoms with Gasteiger partial charge in [0.05, 0.1) is 11.5 Å². The van der Waals surface area contributed by atoms with Crippen LogP contribution in [0.2, 0.25) is 0 Å². The molecule has 3 heteroatoms. The summed E-state index contributed by atoms with van der Waals surface area (Å²) in [4.78, 5) is 11.4. The molecule has 1 aliphatic carbocycles. The fourth-order valence-electron chi connectivity index (χ4n) is 2.51. The summed E-state index contributed by atoms with van der Waals surface area (Å²) in [5.74, 6) is -0.827. The fourth-order valence-corrected chi connectivity index (χ4v) is 2.51. The Labute approximate surface area is 94.7 Å². The Hall–Kier alpha value is -1.35. The van der Waals surface area contributed by atoms with Crippen molar-refractivity contribution < 1.29 is 15.0 Å². The number of carboxylic acids is 1. The minimum atomic E-state index is -0.866. The largest absolute Gasteiger partial charge is 0.481 e. The predicted molar refractivity (Wildman–Crippen MR) is 60.5 cm³/mol. The van der Waals surface area contributed by atoms with Crippen LogP contribution in [0.3, 0.4) is 0 Å². The first-order valence-corrected chi connectivity index (χ1v) is 5.45. The number of aliphatic carboxylic acids is 1. The van der Waals surface area contributed by atoms with Gasteiger partial charge in [-0.15, -0.1) is 0 Å². The Morgan fingerprint density at radius 3 is 2.50 bits per heavy atom. The lowest BCUT2D eigenvalue weighted by Crippen LogP contribution is -2.51. The molecule has 0 aliphatic heterocycles. The molecule has 86 valence electrons. The summed E-state index contributed by atoms with van der Waals surface area (Å²) in [5.41, 5.74) is 2.03. The third-order valence-electron chi connectivity index (χ3n) is 3.49. The van der Waals surface area contributed by atoms with Crippen molar-refractivity contribution in [2.45, 2.75) is 38.2 Å². The van der Waals surface area contributed by atoms with E-state index in [-0.39, 0.29) is 0 Å². The van der Waals surface area contributed by atoms with E-state index in [4.69, 9.17) is 0 Å². The number of aryl methyl sites for hydroxylation is 2. The number of carbonyl (C=O) groups is 1. The molecule has 0 unspecified atom stereocenters. The smallest absolute Gasteiger partial charge is 0.314 e. The van der Waals surface area contributed by atoms with Crippen molar-refractivity contribution in [3.05, 3.63) is 34.9 Å². The van der Waals surface area contributed by atoms with Gasteiger partial charge in [0.15, 0.2) is 0 Å². The highest BCUT2D eigenvalue weighted by Crippen LogP contribution is 2.45. The van der Waals surface area contributed by atoms with Crippen molar-refractivity contribution in [1.29, 1.82) is 0 Å². The molecule has 1 aromatic rings. The van der Waals surface area contributed by atoms with Crippen LogP contribution in [-0.2, 0) is 10.2 Å². The standard InChI is InChI=1S/C13H16O3/c1-8-3-4-9(2)11(5-8)13(12(15)16)6-10(14)7-13/h3-5,10,14H,6-7H2,1-2H3,(H,15,16). The Kier molecular flexibility index (Phi) is 2.50. The second kappa shape index (κ2) is 3.59. The highest BCUT2D eigenvalue weighted by Gasteiger charge is 2.51. The van der Waals surface area contributed by atoms with Crippen LogP contribution in [0.25, 0.3) is 0 Å². The molecule has 3 nitrogen and oxygen atoms in total. The molecular weight excluding hydrogens is 204 g/mol. The van der Waals surface area contributed by atoms with Gasteiger partial charge in [0, 0.05) is 0 Å². The second-order valence-corrected chi connectivity index (χ2v) is 4.77. The summed E-state index contributed by atoms with van der Waals surface area (Å²) in [5, 5.41) is 18.7. The summed E-state index contributed by atoms with van der Waals surface area (Å²) in [6.07, 6.45) is 0.176. The molecule has 0 spiro atoms. The lowest BCUT2D eigenvalue weighted by Gasteiger charge is -2.43. The quantitative estimate of drug-likeness (QED) is 0.798. The number of hydrogen-bond donors (Lipinski definition) is 2. The maximum atomic E-state index is 11.4. The van der Waals surface area contributed by atoms with E-state index >= 15 is 0 Å². The number of carboxylic acid groups (broad SMARTS) is 1. The molecule has 1 aliphatic rings. The van der Waals surface area contributed by atoms with E-state index in [9.17, 15) is 15.0 Å². The Morgan fingerprint density at radius 2 is 2.00 bits per heavy atom. The van der Waals surface area contributed by atoms with Crippen molar-refractivity contribution in [2.75, 3.05) is 0 Å². The van der Waals surface area contributed by atoms with Gasteiger partial charge in [-0.1, -0.05) is 23.8 Å². The van der Waals surface area contributed by atoms with E-state index in [1.807, 2.05) is 32.0 Å². The first-order valence-electron chi connectivity index (χ1n) is 5.45. The predicted octanol–water partition coefficient (Wildman–Crippen LogP) is 1.78. The number of hydrogen-bond acceptors (Lipinski definition) is 2. The van der Waals surface area contributed by atoms with Crippen LogP contribution in [0.4, 0.5) is 0 Å². The van der Waals surface area contributed by atoms with E-state index in [1.54, 1.807) is 0 Å². The van der Waals surface area contributed by atoms with Crippen molar-refractivity contribution in [2.24, 2.45) is 0 Å². The zero-order valence-electron chi connectivity index (χ0n) is 9.53. The van der Waals surface area contributed by atoms with E-state index in [1.165, 1.54) is 0 Å². The van der Waals surface area contributed by atoms with E-state index in [0.717, 1.165) is 16.7 Å². The number of aliphatic hydroxyl groups excluding tert-OH is 1. The van der Waals surface area contributed by atoms with Crippen LogP contribution in [0, 0.1) is 13.8 Å². The van der Waals surface area contributed by atoms with Gasteiger partial charge in [0.25, 0.3) is 0 Å². The molecule has 1 fully saturated rings. The first-order chi connectivity index (χ1) is 7.45. The normalized spacial score (nSPS) is 28.6. The summed E-state index contributed by atoms with van der Waals surface area (Å²) >= 11 is 0. The SMILES string of the molecule is Cc1ccc(C)c(C2(C(=O)O)CC(O)C2)c1. The average molecular weight is 220 g/mol. The summed E-state index contributed by atoms with van der Waals surface area (Å²) in [7, 11) is 0. The van der Waals surface area contributed by atoms with Gasteiger partial charge in [-0.2, -0.15) is 0 Å². The minimum absolute atomic E-state index is 0.326. The fraction of sp³-hybridized carbons (Fsp3) is 0.462. The van der Waals surface area contributed by atoms with Crippen LogP contribution < -0.4 is 0 Å². The molecule has 2 rings (SSSR count). The molecule has 1 aromatic carbocycles. The van der Waals surface area contributed by atoms with Gasteiger partial charge >= 0.3 is 5.97 Å². The van der Waals surface area contributed by atoms with Crippen LogP contribution in [0.15, 0.2) is 18.2 Å². The van der Waals surface area contributed by atoms with Crippen LogP contribution >= 0.6 is 0 Å². The Morgan fingerprint density at radius 1 is 1.38 bits per heavy atom. The summed E-state index contributed by atoms with van der Waals surface area (Å²) in [6.45, 7) is 3.87. The molecular formula is C13H16O3. The summed E-state index contributed by atoms with van der Waals surface area (Å²) < 4.78 is 0. The maximum absolute atomic E-state index is 11.4. The van der Waals surface area contributed by atoms with E-state index < -0.39 is 17.5 Å². The summed E-state index contributed by atoms with van der Waals surface area (Å²) in [6, 6.07) is 5.85. The molecule has 16 heavy (non-hydrogen) atoms. The van der Waals surface area contributed by atoms with Crippen LogP contribution in [-0.4, -0.2) is 22.3 Å². The maximum Gasteiger partial charge on any atom is 0.314 e. The molecule has 0 aromatic heterocycles. The van der Waals surface area contributed by atoms with Crippen molar-refractivity contribution in [3.8, 4) is 0 Å². The lowest BCUT2D eigenvalue weighted by atomic mass is 9.61. The molecule has 0 bridgehead atoms. The molecule has 0 heterocycles. The Bertz CT molecular complexity index is 431. The molecule has 0 radical (unpaired) electrons. The third kappa shape index (κ3) is 1.52. The van der Waals surface area contributed by atoms with Crippen molar-refractivity contribution in [1.82, 2.24) is 0 Å². The number of rotatable bonds is 2. The molecule has 2 N–H and O–H groups in total. The monoisotopic (exact) mass is 220 g/mol. The first kappa shape index (κ1) is 11.1. The second-order valence-electron chi connectivity index (χ2n) is 4.77. The molecule has 0 amide bonds. The molecule has 1 saturated carbocycles. The number of aliphatic hydroxyl groups is 1. The van der Waals surface area contributed by atoms with Gasteiger partial charge in [-0.25, -0.2) is 0 Å². The zero-order chi connectivity index (χ0) is 11.9. The van der Waals surface area contributed by atoms with Crippen LogP contribution in [0.1, 0.15) is 29.5 Å². The van der Waals surface area contributed by atoms with E-state index in [0.29, 0.717) is 12.8 Å².